The van der Waals surface area contributed by atoms with Crippen molar-refractivity contribution in [2.75, 3.05) is 33.1 Å². The standard InChI is InChI=1S/C18H21NO4S/c1-22-13-5-3-12-4-6-16(20)15(14(12)9-13)10-19-7-8-24-17(11-19)18(21)23-2/h3-6,9,17,20H,7-8,10-11H2,1-2H3/t17-/m1/s1. The first kappa shape index (κ1) is 16.9. The Morgan fingerprint density at radius 3 is 2.88 bits per heavy atom. The van der Waals surface area contributed by atoms with Gasteiger partial charge in [0, 0.05) is 31.0 Å². The number of fused-ring (bicyclic) bond motifs is 1. The number of phenols is 1. The van der Waals surface area contributed by atoms with Crippen LogP contribution < -0.4 is 4.74 Å². The van der Waals surface area contributed by atoms with E-state index in [9.17, 15) is 9.90 Å². The summed E-state index contributed by atoms with van der Waals surface area (Å²) in [5.74, 6) is 1.71. The molecule has 0 amide bonds. The minimum atomic E-state index is -0.187. The molecule has 0 aliphatic carbocycles. The molecule has 0 spiro atoms. The summed E-state index contributed by atoms with van der Waals surface area (Å²) in [6.45, 7) is 2.08. The topological polar surface area (TPSA) is 59.0 Å². The summed E-state index contributed by atoms with van der Waals surface area (Å²) in [5.41, 5.74) is 0.863. The van der Waals surface area contributed by atoms with E-state index in [0.29, 0.717) is 13.1 Å². The van der Waals surface area contributed by atoms with Gasteiger partial charge in [-0.25, -0.2) is 0 Å². The highest BCUT2D eigenvalue weighted by molar-refractivity contribution is 8.00. The van der Waals surface area contributed by atoms with Crippen molar-refractivity contribution in [1.29, 1.82) is 0 Å². The number of nitrogens with zero attached hydrogens (tertiary/aromatic N) is 1. The summed E-state index contributed by atoms with van der Waals surface area (Å²) in [7, 11) is 3.05. The molecule has 128 valence electrons. The van der Waals surface area contributed by atoms with E-state index in [4.69, 9.17) is 9.47 Å². The van der Waals surface area contributed by atoms with Gasteiger partial charge in [0.15, 0.2) is 0 Å². The van der Waals surface area contributed by atoms with Gasteiger partial charge in [-0.1, -0.05) is 12.1 Å². The molecule has 1 aliphatic rings. The molecule has 0 unspecified atom stereocenters. The van der Waals surface area contributed by atoms with Crippen LogP contribution in [0.25, 0.3) is 10.8 Å². The van der Waals surface area contributed by atoms with E-state index in [1.807, 2.05) is 24.3 Å². The lowest BCUT2D eigenvalue weighted by Crippen LogP contribution is -2.41. The van der Waals surface area contributed by atoms with Crippen LogP contribution in [0.1, 0.15) is 5.56 Å². The molecular weight excluding hydrogens is 326 g/mol. The van der Waals surface area contributed by atoms with Crippen molar-refractivity contribution in [3.05, 3.63) is 35.9 Å². The lowest BCUT2D eigenvalue weighted by atomic mass is 10.0. The highest BCUT2D eigenvalue weighted by atomic mass is 32.2. The van der Waals surface area contributed by atoms with Crippen LogP contribution in [0.2, 0.25) is 0 Å². The average Bonchev–Trinajstić information content (AvgIpc) is 2.63. The summed E-state index contributed by atoms with van der Waals surface area (Å²) < 4.78 is 10.2. The van der Waals surface area contributed by atoms with Crippen LogP contribution in [-0.2, 0) is 16.1 Å². The molecule has 24 heavy (non-hydrogen) atoms. The van der Waals surface area contributed by atoms with Gasteiger partial charge in [0.25, 0.3) is 0 Å². The molecule has 0 saturated carbocycles. The highest BCUT2D eigenvalue weighted by Gasteiger charge is 2.27. The molecule has 3 rings (SSSR count). The fourth-order valence-electron chi connectivity index (χ4n) is 2.99. The van der Waals surface area contributed by atoms with Gasteiger partial charge in [-0.3, -0.25) is 9.69 Å². The molecule has 2 aromatic carbocycles. The van der Waals surface area contributed by atoms with Crippen molar-refractivity contribution in [2.45, 2.75) is 11.8 Å². The Kier molecular flexibility index (Phi) is 5.16. The minimum absolute atomic E-state index is 0.171. The molecular formula is C18H21NO4S. The van der Waals surface area contributed by atoms with Crippen molar-refractivity contribution >= 4 is 28.5 Å². The van der Waals surface area contributed by atoms with Crippen LogP contribution in [0.4, 0.5) is 0 Å². The number of thioether (sulfide) groups is 1. The summed E-state index contributed by atoms with van der Waals surface area (Å²) in [5, 5.41) is 12.2. The van der Waals surface area contributed by atoms with E-state index in [1.54, 1.807) is 24.9 Å². The Bertz CT molecular complexity index is 749. The van der Waals surface area contributed by atoms with Crippen molar-refractivity contribution in [2.24, 2.45) is 0 Å². The summed E-state index contributed by atoms with van der Waals surface area (Å²) >= 11 is 1.63. The maximum absolute atomic E-state index is 11.8. The summed E-state index contributed by atoms with van der Waals surface area (Å²) in [6.07, 6.45) is 0. The highest BCUT2D eigenvalue weighted by Crippen LogP contribution is 2.32. The number of ether oxygens (including phenoxy) is 2. The Labute approximate surface area is 145 Å². The van der Waals surface area contributed by atoms with Crippen LogP contribution in [0, 0.1) is 0 Å². The van der Waals surface area contributed by atoms with Gasteiger partial charge in [0.05, 0.1) is 14.2 Å². The number of methoxy groups -OCH3 is 2. The van der Waals surface area contributed by atoms with E-state index in [2.05, 4.69) is 4.90 Å². The monoisotopic (exact) mass is 347 g/mol. The molecule has 0 bridgehead atoms. The van der Waals surface area contributed by atoms with Crippen molar-refractivity contribution in [1.82, 2.24) is 4.90 Å². The molecule has 1 N–H and O–H groups in total. The van der Waals surface area contributed by atoms with E-state index in [1.165, 1.54) is 7.11 Å². The minimum Gasteiger partial charge on any atom is -0.508 e. The number of hydrogen-bond donors (Lipinski definition) is 1. The maximum Gasteiger partial charge on any atom is 0.320 e. The van der Waals surface area contributed by atoms with Gasteiger partial charge in [0.1, 0.15) is 16.7 Å². The Hall–Kier alpha value is -1.92. The van der Waals surface area contributed by atoms with E-state index < -0.39 is 0 Å². The zero-order valence-electron chi connectivity index (χ0n) is 13.8. The van der Waals surface area contributed by atoms with Gasteiger partial charge in [0.2, 0.25) is 0 Å². The number of esters is 1. The third kappa shape index (κ3) is 3.44. The molecule has 1 saturated heterocycles. The van der Waals surface area contributed by atoms with Gasteiger partial charge < -0.3 is 14.6 Å². The average molecular weight is 347 g/mol. The molecule has 1 atom stereocenters. The second-order valence-electron chi connectivity index (χ2n) is 5.77. The van der Waals surface area contributed by atoms with Crippen LogP contribution in [0.15, 0.2) is 30.3 Å². The third-order valence-corrected chi connectivity index (χ3v) is 5.47. The maximum atomic E-state index is 11.8. The third-order valence-electron chi connectivity index (χ3n) is 4.31. The van der Waals surface area contributed by atoms with Crippen LogP contribution in [0.5, 0.6) is 11.5 Å². The molecule has 0 radical (unpaired) electrons. The smallest absolute Gasteiger partial charge is 0.320 e. The zero-order chi connectivity index (χ0) is 17.1. The lowest BCUT2D eigenvalue weighted by molar-refractivity contribution is -0.140. The predicted octanol–water partition coefficient (Wildman–Crippen LogP) is 2.64. The van der Waals surface area contributed by atoms with Gasteiger partial charge in [-0.15, -0.1) is 11.8 Å². The van der Waals surface area contributed by atoms with E-state index in [0.717, 1.165) is 34.4 Å². The van der Waals surface area contributed by atoms with Crippen LogP contribution in [-0.4, -0.2) is 54.3 Å². The first-order chi connectivity index (χ1) is 11.6. The largest absolute Gasteiger partial charge is 0.508 e. The normalized spacial score (nSPS) is 18.5. The van der Waals surface area contributed by atoms with Crippen LogP contribution in [0.3, 0.4) is 0 Å². The Morgan fingerprint density at radius 1 is 1.33 bits per heavy atom. The predicted molar refractivity (Wildman–Crippen MR) is 95.7 cm³/mol. The zero-order valence-corrected chi connectivity index (χ0v) is 14.6. The van der Waals surface area contributed by atoms with Crippen LogP contribution >= 0.6 is 11.8 Å². The number of rotatable bonds is 4. The quantitative estimate of drug-likeness (QED) is 0.858. The molecule has 5 nitrogen and oxygen atoms in total. The number of carbonyl (C=O) groups is 1. The number of hydrogen-bond acceptors (Lipinski definition) is 6. The molecule has 6 heteroatoms. The summed E-state index contributed by atoms with van der Waals surface area (Å²) in [6, 6.07) is 9.47. The van der Waals surface area contributed by atoms with Gasteiger partial charge >= 0.3 is 5.97 Å². The number of benzene rings is 2. The molecule has 1 aliphatic heterocycles. The lowest BCUT2D eigenvalue weighted by Gasteiger charge is -2.31. The Morgan fingerprint density at radius 2 is 2.12 bits per heavy atom. The molecule has 0 aromatic heterocycles. The SMILES string of the molecule is COC(=O)[C@H]1CN(Cc2c(O)ccc3ccc(OC)cc23)CCS1. The Balaban J connectivity index is 1.88. The number of aromatic hydroxyl groups is 1. The molecule has 1 fully saturated rings. The van der Waals surface area contributed by atoms with E-state index in [-0.39, 0.29) is 17.0 Å². The molecule has 1 heterocycles. The fourth-order valence-corrected chi connectivity index (χ4v) is 4.18. The fraction of sp³-hybridized carbons (Fsp3) is 0.389. The summed E-state index contributed by atoms with van der Waals surface area (Å²) in [4.78, 5) is 14.0. The second kappa shape index (κ2) is 7.32. The molecule has 2 aromatic rings. The number of phenolic OH excluding ortho intramolecular Hbond substituents is 1. The van der Waals surface area contributed by atoms with Gasteiger partial charge in [-0.05, 0) is 29.0 Å². The van der Waals surface area contributed by atoms with Crippen molar-refractivity contribution in [3.63, 3.8) is 0 Å². The van der Waals surface area contributed by atoms with Crippen molar-refractivity contribution in [3.8, 4) is 11.5 Å². The first-order valence-electron chi connectivity index (χ1n) is 7.82. The van der Waals surface area contributed by atoms with Crippen molar-refractivity contribution < 1.29 is 19.4 Å². The van der Waals surface area contributed by atoms with Gasteiger partial charge in [-0.2, -0.15) is 0 Å². The second-order valence-corrected chi connectivity index (χ2v) is 7.08. The first-order valence-corrected chi connectivity index (χ1v) is 8.87. The van der Waals surface area contributed by atoms with E-state index >= 15 is 0 Å². The number of carbonyl (C=O) groups excluding carboxylic acids is 1.